The molecule has 1 saturated carbocycles. The Morgan fingerprint density at radius 2 is 2.11 bits per heavy atom. The highest BCUT2D eigenvalue weighted by molar-refractivity contribution is 5.80. The second kappa shape index (κ2) is 7.88. The van der Waals surface area contributed by atoms with E-state index in [1.165, 1.54) is 4.90 Å². The van der Waals surface area contributed by atoms with Gasteiger partial charge in [-0.25, -0.2) is 13.6 Å². The van der Waals surface area contributed by atoms with Crippen LogP contribution in [0, 0.1) is 5.92 Å². The van der Waals surface area contributed by atoms with Crippen molar-refractivity contribution in [2.45, 2.75) is 19.3 Å². The molecule has 0 bridgehead atoms. The van der Waals surface area contributed by atoms with Crippen molar-refractivity contribution in [2.75, 3.05) is 32.8 Å². The van der Waals surface area contributed by atoms with E-state index < -0.39 is 25.0 Å². The summed E-state index contributed by atoms with van der Waals surface area (Å²) < 4.78 is 28.1. The minimum atomic E-state index is -2.53. The number of hydrogen-bond donors (Lipinski definition) is 2. The fraction of sp³-hybridized carbons (Fsp3) is 0.818. The van der Waals surface area contributed by atoms with Gasteiger partial charge in [0.05, 0.1) is 6.61 Å². The number of ether oxygens (including phenoxy) is 1. The number of urea groups is 1. The van der Waals surface area contributed by atoms with E-state index in [4.69, 9.17) is 5.11 Å². The molecule has 110 valence electrons. The van der Waals surface area contributed by atoms with Gasteiger partial charge < -0.3 is 20.1 Å². The van der Waals surface area contributed by atoms with Crippen molar-refractivity contribution in [2.24, 2.45) is 5.92 Å². The van der Waals surface area contributed by atoms with Crippen molar-refractivity contribution >= 4 is 12.0 Å². The Morgan fingerprint density at radius 1 is 1.42 bits per heavy atom. The quantitative estimate of drug-likeness (QED) is 0.612. The smallest absolute Gasteiger partial charge is 0.323 e. The van der Waals surface area contributed by atoms with Crippen LogP contribution in [0.3, 0.4) is 0 Å². The molecule has 2 N–H and O–H groups in total. The molecule has 6 nitrogen and oxygen atoms in total. The standard InChI is InChI=1S/C11H18F2N2O4/c12-9(13)7-19-4-3-14-11(18)15(6-10(16)17)5-8-1-2-8/h8-9H,1-7H2,(H,14,18)(H,16,17). The summed E-state index contributed by atoms with van der Waals surface area (Å²) >= 11 is 0. The first-order chi connectivity index (χ1) is 8.99. The molecule has 0 saturated heterocycles. The summed E-state index contributed by atoms with van der Waals surface area (Å²) in [6.07, 6.45) is -0.531. The Labute approximate surface area is 109 Å². The molecule has 19 heavy (non-hydrogen) atoms. The van der Waals surface area contributed by atoms with Gasteiger partial charge in [0, 0.05) is 13.1 Å². The molecule has 1 fully saturated rings. The maximum atomic E-state index is 11.8. The number of nitrogens with zero attached hydrogens (tertiary/aromatic N) is 1. The van der Waals surface area contributed by atoms with Gasteiger partial charge in [0.2, 0.25) is 0 Å². The van der Waals surface area contributed by atoms with Gasteiger partial charge in [0.1, 0.15) is 13.2 Å². The number of carbonyl (C=O) groups excluding carboxylic acids is 1. The van der Waals surface area contributed by atoms with Crippen LogP contribution in [0.1, 0.15) is 12.8 Å². The van der Waals surface area contributed by atoms with Crippen molar-refractivity contribution in [1.82, 2.24) is 10.2 Å². The number of nitrogens with one attached hydrogen (secondary N) is 1. The highest BCUT2D eigenvalue weighted by Gasteiger charge is 2.27. The zero-order valence-electron chi connectivity index (χ0n) is 10.5. The number of carbonyl (C=O) groups is 2. The Morgan fingerprint density at radius 3 is 2.63 bits per heavy atom. The molecule has 0 aromatic heterocycles. The van der Waals surface area contributed by atoms with Crippen molar-refractivity contribution in [3.8, 4) is 0 Å². The van der Waals surface area contributed by atoms with Crippen LogP contribution in [0.15, 0.2) is 0 Å². The summed E-state index contributed by atoms with van der Waals surface area (Å²) in [7, 11) is 0. The zero-order valence-corrected chi connectivity index (χ0v) is 10.5. The fourth-order valence-corrected chi connectivity index (χ4v) is 1.51. The number of amides is 2. The summed E-state index contributed by atoms with van der Waals surface area (Å²) in [5.41, 5.74) is 0. The highest BCUT2D eigenvalue weighted by Crippen LogP contribution is 2.29. The van der Waals surface area contributed by atoms with E-state index in [9.17, 15) is 18.4 Å². The Bertz CT molecular complexity index is 311. The molecule has 0 spiro atoms. The molecule has 0 aliphatic heterocycles. The fourth-order valence-electron chi connectivity index (χ4n) is 1.51. The molecule has 2 amide bonds. The van der Waals surface area contributed by atoms with E-state index in [1.54, 1.807) is 0 Å². The molecule has 0 aromatic carbocycles. The lowest BCUT2D eigenvalue weighted by Crippen LogP contribution is -2.44. The number of aliphatic carboxylic acids is 1. The first-order valence-corrected chi connectivity index (χ1v) is 6.09. The zero-order chi connectivity index (χ0) is 14.3. The van der Waals surface area contributed by atoms with E-state index in [1.807, 2.05) is 0 Å². The second-order valence-corrected chi connectivity index (χ2v) is 4.42. The monoisotopic (exact) mass is 280 g/mol. The SMILES string of the molecule is O=C(O)CN(CC1CC1)C(=O)NCCOCC(F)F. The molecule has 0 radical (unpaired) electrons. The molecular formula is C11H18F2N2O4. The number of hydrogen-bond acceptors (Lipinski definition) is 3. The van der Waals surface area contributed by atoms with Gasteiger partial charge in [-0.1, -0.05) is 0 Å². The van der Waals surface area contributed by atoms with Crippen LogP contribution in [0.25, 0.3) is 0 Å². The number of halogens is 2. The average molecular weight is 280 g/mol. The lowest BCUT2D eigenvalue weighted by molar-refractivity contribution is -0.137. The number of rotatable bonds is 9. The van der Waals surface area contributed by atoms with Gasteiger partial charge in [-0.2, -0.15) is 0 Å². The van der Waals surface area contributed by atoms with E-state index in [0.717, 1.165) is 12.8 Å². The molecule has 0 heterocycles. The third kappa shape index (κ3) is 7.55. The van der Waals surface area contributed by atoms with Gasteiger partial charge in [-0.3, -0.25) is 4.79 Å². The minimum Gasteiger partial charge on any atom is -0.480 e. The summed E-state index contributed by atoms with van der Waals surface area (Å²) in [6.45, 7) is -0.570. The molecule has 1 aliphatic carbocycles. The summed E-state index contributed by atoms with van der Waals surface area (Å²) in [4.78, 5) is 23.5. The van der Waals surface area contributed by atoms with Gasteiger partial charge in [-0.15, -0.1) is 0 Å². The second-order valence-electron chi connectivity index (χ2n) is 4.42. The summed E-state index contributed by atoms with van der Waals surface area (Å²) in [5, 5.41) is 11.2. The van der Waals surface area contributed by atoms with Crippen LogP contribution in [-0.2, 0) is 9.53 Å². The predicted molar refractivity (Wildman–Crippen MR) is 62.2 cm³/mol. The first kappa shape index (κ1) is 15.6. The van der Waals surface area contributed by atoms with Crippen molar-refractivity contribution in [1.29, 1.82) is 0 Å². The Hall–Kier alpha value is -1.44. The third-order valence-corrected chi connectivity index (χ3v) is 2.56. The average Bonchev–Trinajstić information content (AvgIpc) is 3.10. The van der Waals surface area contributed by atoms with E-state index in [-0.39, 0.29) is 19.7 Å². The van der Waals surface area contributed by atoms with Crippen LogP contribution >= 0.6 is 0 Å². The Balaban J connectivity index is 2.20. The lowest BCUT2D eigenvalue weighted by Gasteiger charge is -2.21. The molecular weight excluding hydrogens is 262 g/mol. The minimum absolute atomic E-state index is 0.0274. The van der Waals surface area contributed by atoms with E-state index in [2.05, 4.69) is 10.1 Å². The van der Waals surface area contributed by atoms with Crippen LogP contribution in [0.5, 0.6) is 0 Å². The molecule has 8 heteroatoms. The number of carboxylic acids is 1. The summed E-state index contributed by atoms with van der Waals surface area (Å²) in [5.74, 6) is -0.704. The molecule has 0 atom stereocenters. The van der Waals surface area contributed by atoms with Gasteiger partial charge >= 0.3 is 12.0 Å². The van der Waals surface area contributed by atoms with Crippen LogP contribution in [-0.4, -0.2) is 61.3 Å². The molecule has 1 aliphatic rings. The molecule has 1 rings (SSSR count). The van der Waals surface area contributed by atoms with Crippen molar-refractivity contribution in [3.05, 3.63) is 0 Å². The first-order valence-electron chi connectivity index (χ1n) is 6.09. The Kier molecular flexibility index (Phi) is 6.48. The van der Waals surface area contributed by atoms with E-state index in [0.29, 0.717) is 12.5 Å². The van der Waals surface area contributed by atoms with Crippen molar-refractivity contribution in [3.63, 3.8) is 0 Å². The van der Waals surface area contributed by atoms with Crippen LogP contribution in [0.2, 0.25) is 0 Å². The van der Waals surface area contributed by atoms with Crippen molar-refractivity contribution < 1.29 is 28.2 Å². The van der Waals surface area contributed by atoms with E-state index >= 15 is 0 Å². The predicted octanol–water partition coefficient (Wildman–Crippen LogP) is 0.774. The summed E-state index contributed by atoms with van der Waals surface area (Å²) in [6, 6.07) is -0.505. The molecule has 0 aromatic rings. The number of carboxylic acid groups (broad SMARTS) is 1. The van der Waals surface area contributed by atoms with Crippen LogP contribution < -0.4 is 5.32 Å². The topological polar surface area (TPSA) is 78.9 Å². The van der Waals surface area contributed by atoms with Gasteiger partial charge in [0.25, 0.3) is 6.43 Å². The number of alkyl halides is 2. The van der Waals surface area contributed by atoms with Gasteiger partial charge in [0.15, 0.2) is 0 Å². The third-order valence-electron chi connectivity index (χ3n) is 2.56. The highest BCUT2D eigenvalue weighted by atomic mass is 19.3. The maximum Gasteiger partial charge on any atom is 0.323 e. The lowest BCUT2D eigenvalue weighted by atomic mass is 10.3. The largest absolute Gasteiger partial charge is 0.480 e. The maximum absolute atomic E-state index is 11.8. The molecule has 0 unspecified atom stereocenters. The normalized spacial score (nSPS) is 14.5. The van der Waals surface area contributed by atoms with Crippen LogP contribution in [0.4, 0.5) is 13.6 Å². The van der Waals surface area contributed by atoms with Gasteiger partial charge in [-0.05, 0) is 18.8 Å².